The lowest BCUT2D eigenvalue weighted by Gasteiger charge is -2.40. The number of hydrogen-bond donors (Lipinski definition) is 1. The summed E-state index contributed by atoms with van der Waals surface area (Å²) in [6, 6.07) is 5.00. The first-order chi connectivity index (χ1) is 8.42. The zero-order chi connectivity index (χ0) is 13.3. The molecular formula is C16H24FN. The molecule has 0 bridgehead atoms. The average molecular weight is 249 g/mol. The Morgan fingerprint density at radius 3 is 2.78 bits per heavy atom. The van der Waals surface area contributed by atoms with Crippen LogP contribution in [0.2, 0.25) is 0 Å². The van der Waals surface area contributed by atoms with Crippen LogP contribution in [0.3, 0.4) is 0 Å². The van der Waals surface area contributed by atoms with E-state index in [2.05, 4.69) is 13.8 Å². The fourth-order valence-electron chi connectivity index (χ4n) is 3.30. The summed E-state index contributed by atoms with van der Waals surface area (Å²) in [5.41, 5.74) is 8.40. The predicted octanol–water partition coefficient (Wildman–Crippen LogP) is 4.13. The Kier molecular flexibility index (Phi) is 3.76. The summed E-state index contributed by atoms with van der Waals surface area (Å²) in [5.74, 6) is 1.14. The SMILES string of the molecule is Cc1ccc(F)cc1C1(N)CCCC(C(C)C)C1. The van der Waals surface area contributed by atoms with Crippen LogP contribution in [0.5, 0.6) is 0 Å². The topological polar surface area (TPSA) is 26.0 Å². The lowest BCUT2D eigenvalue weighted by atomic mass is 9.68. The molecule has 1 aliphatic rings. The van der Waals surface area contributed by atoms with Crippen LogP contribution in [0.15, 0.2) is 18.2 Å². The molecule has 0 aromatic heterocycles. The first kappa shape index (κ1) is 13.5. The molecule has 0 saturated heterocycles. The van der Waals surface area contributed by atoms with Crippen LogP contribution in [0.1, 0.15) is 50.7 Å². The van der Waals surface area contributed by atoms with E-state index in [0.29, 0.717) is 11.8 Å². The number of rotatable bonds is 2. The number of benzene rings is 1. The molecule has 0 aliphatic heterocycles. The molecule has 0 amide bonds. The Labute approximate surface area is 110 Å². The minimum Gasteiger partial charge on any atom is -0.321 e. The third kappa shape index (κ3) is 2.59. The predicted molar refractivity (Wildman–Crippen MR) is 73.8 cm³/mol. The van der Waals surface area contributed by atoms with Crippen LogP contribution >= 0.6 is 0 Å². The van der Waals surface area contributed by atoms with E-state index < -0.39 is 0 Å². The highest BCUT2D eigenvalue weighted by Gasteiger charge is 2.36. The van der Waals surface area contributed by atoms with Gasteiger partial charge in [-0.3, -0.25) is 0 Å². The highest BCUT2D eigenvalue weighted by molar-refractivity contribution is 5.33. The smallest absolute Gasteiger partial charge is 0.123 e. The van der Waals surface area contributed by atoms with E-state index in [1.807, 2.05) is 13.0 Å². The maximum Gasteiger partial charge on any atom is 0.123 e. The molecule has 1 nitrogen and oxygen atoms in total. The molecule has 100 valence electrons. The number of aryl methyl sites for hydroxylation is 1. The number of halogens is 1. The number of hydrogen-bond acceptors (Lipinski definition) is 1. The van der Waals surface area contributed by atoms with Crippen molar-refractivity contribution in [1.29, 1.82) is 0 Å². The van der Waals surface area contributed by atoms with Gasteiger partial charge in [0.05, 0.1) is 0 Å². The summed E-state index contributed by atoms with van der Waals surface area (Å²) in [6.07, 6.45) is 4.36. The van der Waals surface area contributed by atoms with Gasteiger partial charge in [0.15, 0.2) is 0 Å². The summed E-state index contributed by atoms with van der Waals surface area (Å²) < 4.78 is 13.5. The summed E-state index contributed by atoms with van der Waals surface area (Å²) in [6.45, 7) is 6.55. The van der Waals surface area contributed by atoms with E-state index >= 15 is 0 Å². The van der Waals surface area contributed by atoms with E-state index in [0.717, 1.165) is 30.4 Å². The average Bonchev–Trinajstić information content (AvgIpc) is 2.32. The van der Waals surface area contributed by atoms with Gasteiger partial charge in [-0.2, -0.15) is 0 Å². The number of nitrogens with two attached hydrogens (primary N) is 1. The lowest BCUT2D eigenvalue weighted by Crippen LogP contribution is -2.43. The molecule has 18 heavy (non-hydrogen) atoms. The zero-order valence-electron chi connectivity index (χ0n) is 11.7. The monoisotopic (exact) mass is 249 g/mol. The Bertz CT molecular complexity index is 427. The summed E-state index contributed by atoms with van der Waals surface area (Å²) in [4.78, 5) is 0. The minimum atomic E-state index is -0.334. The van der Waals surface area contributed by atoms with Gasteiger partial charge in [-0.15, -0.1) is 0 Å². The van der Waals surface area contributed by atoms with Crippen LogP contribution in [0.4, 0.5) is 4.39 Å². The fraction of sp³-hybridized carbons (Fsp3) is 0.625. The van der Waals surface area contributed by atoms with Crippen molar-refractivity contribution < 1.29 is 4.39 Å². The molecule has 1 aromatic carbocycles. The van der Waals surface area contributed by atoms with E-state index in [9.17, 15) is 4.39 Å². The van der Waals surface area contributed by atoms with Gasteiger partial charge in [0.1, 0.15) is 5.82 Å². The van der Waals surface area contributed by atoms with Crippen molar-refractivity contribution in [2.75, 3.05) is 0 Å². The highest BCUT2D eigenvalue weighted by Crippen LogP contribution is 2.41. The van der Waals surface area contributed by atoms with Gasteiger partial charge in [-0.1, -0.05) is 32.8 Å². The van der Waals surface area contributed by atoms with E-state index in [4.69, 9.17) is 5.73 Å². The normalized spacial score (nSPS) is 28.7. The lowest BCUT2D eigenvalue weighted by molar-refractivity contribution is 0.183. The second-order valence-corrected chi connectivity index (χ2v) is 6.22. The molecular weight excluding hydrogens is 225 g/mol. The van der Waals surface area contributed by atoms with Gasteiger partial charge < -0.3 is 5.73 Å². The molecule has 2 unspecified atom stereocenters. The molecule has 0 spiro atoms. The second-order valence-electron chi connectivity index (χ2n) is 6.22. The molecule has 1 aliphatic carbocycles. The van der Waals surface area contributed by atoms with Gasteiger partial charge in [0.25, 0.3) is 0 Å². The molecule has 1 saturated carbocycles. The Balaban J connectivity index is 2.32. The van der Waals surface area contributed by atoms with Crippen molar-refractivity contribution in [3.05, 3.63) is 35.1 Å². The van der Waals surface area contributed by atoms with Crippen LogP contribution in [-0.4, -0.2) is 0 Å². The quantitative estimate of drug-likeness (QED) is 0.837. The first-order valence-electron chi connectivity index (χ1n) is 6.98. The molecule has 0 radical (unpaired) electrons. The van der Waals surface area contributed by atoms with Crippen LogP contribution < -0.4 is 5.73 Å². The highest BCUT2D eigenvalue weighted by atomic mass is 19.1. The van der Waals surface area contributed by atoms with E-state index in [1.165, 1.54) is 12.5 Å². The van der Waals surface area contributed by atoms with Crippen LogP contribution in [-0.2, 0) is 5.54 Å². The van der Waals surface area contributed by atoms with Crippen LogP contribution in [0, 0.1) is 24.6 Å². The van der Waals surface area contributed by atoms with Gasteiger partial charge in [-0.05, 0) is 54.9 Å². The fourth-order valence-corrected chi connectivity index (χ4v) is 3.30. The van der Waals surface area contributed by atoms with Crippen molar-refractivity contribution in [3.8, 4) is 0 Å². The molecule has 2 heteroatoms. The summed E-state index contributed by atoms with van der Waals surface area (Å²) >= 11 is 0. The minimum absolute atomic E-state index is 0.174. The molecule has 1 fully saturated rings. The van der Waals surface area contributed by atoms with Crippen molar-refractivity contribution >= 4 is 0 Å². The van der Waals surface area contributed by atoms with Crippen molar-refractivity contribution in [3.63, 3.8) is 0 Å². The Morgan fingerprint density at radius 2 is 2.11 bits per heavy atom. The Morgan fingerprint density at radius 1 is 1.39 bits per heavy atom. The van der Waals surface area contributed by atoms with Crippen molar-refractivity contribution in [1.82, 2.24) is 0 Å². The van der Waals surface area contributed by atoms with Crippen molar-refractivity contribution in [2.45, 2.75) is 52.0 Å². The molecule has 2 rings (SSSR count). The van der Waals surface area contributed by atoms with Gasteiger partial charge in [0.2, 0.25) is 0 Å². The van der Waals surface area contributed by atoms with Crippen molar-refractivity contribution in [2.24, 2.45) is 17.6 Å². The zero-order valence-corrected chi connectivity index (χ0v) is 11.7. The standard InChI is InChI=1S/C16H24FN/c1-11(2)13-5-4-8-16(18,10-13)15-9-14(17)7-6-12(15)3/h6-7,9,11,13H,4-5,8,10,18H2,1-3H3. The molecule has 0 heterocycles. The van der Waals surface area contributed by atoms with Gasteiger partial charge in [-0.25, -0.2) is 4.39 Å². The van der Waals surface area contributed by atoms with E-state index in [-0.39, 0.29) is 11.4 Å². The summed E-state index contributed by atoms with van der Waals surface area (Å²) in [5, 5.41) is 0. The maximum atomic E-state index is 13.5. The molecule has 2 N–H and O–H groups in total. The summed E-state index contributed by atoms with van der Waals surface area (Å²) in [7, 11) is 0. The first-order valence-corrected chi connectivity index (χ1v) is 6.98. The maximum absolute atomic E-state index is 13.5. The molecule has 1 aromatic rings. The van der Waals surface area contributed by atoms with E-state index in [1.54, 1.807) is 6.07 Å². The third-order valence-corrected chi connectivity index (χ3v) is 4.50. The Hall–Kier alpha value is -0.890. The third-order valence-electron chi connectivity index (χ3n) is 4.50. The van der Waals surface area contributed by atoms with Gasteiger partial charge in [0, 0.05) is 5.54 Å². The van der Waals surface area contributed by atoms with Gasteiger partial charge >= 0.3 is 0 Å². The second kappa shape index (κ2) is 5.00. The van der Waals surface area contributed by atoms with Crippen LogP contribution in [0.25, 0.3) is 0 Å². The largest absolute Gasteiger partial charge is 0.321 e. The molecule has 2 atom stereocenters.